The Bertz CT molecular complexity index is 436. The van der Waals surface area contributed by atoms with Gasteiger partial charge in [-0.25, -0.2) is 0 Å². The predicted molar refractivity (Wildman–Crippen MR) is 93.8 cm³/mol. The Morgan fingerprint density at radius 2 is 1.96 bits per heavy atom. The number of benzene rings is 1. The molecule has 2 atom stereocenters. The van der Waals surface area contributed by atoms with E-state index in [9.17, 15) is 0 Å². The standard InChI is InChI=1S/C20H31NO2/c1-17(19-5-3-2-4-6-19)7-11-21-12-8-20(9-13-21)23-16-18-10-14-22-15-18/h2-6,17-18,20H,7-16H2,1H3/t17-,18-/m0/s1. The summed E-state index contributed by atoms with van der Waals surface area (Å²) in [6, 6.07) is 10.9. The van der Waals surface area contributed by atoms with E-state index >= 15 is 0 Å². The van der Waals surface area contributed by atoms with E-state index in [1.54, 1.807) is 0 Å². The Balaban J connectivity index is 1.31. The number of hydrogen-bond donors (Lipinski definition) is 0. The summed E-state index contributed by atoms with van der Waals surface area (Å²) in [5.41, 5.74) is 1.46. The minimum absolute atomic E-state index is 0.471. The molecule has 0 aliphatic carbocycles. The maximum atomic E-state index is 6.10. The van der Waals surface area contributed by atoms with Crippen LogP contribution >= 0.6 is 0 Å². The van der Waals surface area contributed by atoms with E-state index in [-0.39, 0.29) is 0 Å². The van der Waals surface area contributed by atoms with Crippen LogP contribution in [-0.2, 0) is 9.47 Å². The molecule has 0 saturated carbocycles. The summed E-state index contributed by atoms with van der Waals surface area (Å²) in [5, 5.41) is 0. The van der Waals surface area contributed by atoms with Crippen molar-refractivity contribution in [2.45, 2.75) is 44.6 Å². The fourth-order valence-electron chi connectivity index (χ4n) is 3.61. The van der Waals surface area contributed by atoms with Gasteiger partial charge in [0.2, 0.25) is 0 Å². The molecule has 1 aromatic carbocycles. The Labute approximate surface area is 141 Å². The highest BCUT2D eigenvalue weighted by Gasteiger charge is 2.22. The average Bonchev–Trinajstić information content (AvgIpc) is 3.13. The molecule has 2 fully saturated rings. The minimum atomic E-state index is 0.471. The SMILES string of the molecule is C[C@@H](CCN1CCC(OC[C@H]2CCOC2)CC1)c1ccccc1. The first-order chi connectivity index (χ1) is 11.3. The van der Waals surface area contributed by atoms with Crippen molar-refractivity contribution in [3.05, 3.63) is 35.9 Å². The molecule has 3 rings (SSSR count). The highest BCUT2D eigenvalue weighted by Crippen LogP contribution is 2.22. The van der Waals surface area contributed by atoms with Gasteiger partial charge >= 0.3 is 0 Å². The zero-order valence-electron chi connectivity index (χ0n) is 14.5. The zero-order valence-corrected chi connectivity index (χ0v) is 14.5. The number of hydrogen-bond acceptors (Lipinski definition) is 3. The van der Waals surface area contributed by atoms with Crippen molar-refractivity contribution in [1.82, 2.24) is 4.90 Å². The van der Waals surface area contributed by atoms with Crippen LogP contribution in [0.1, 0.15) is 44.1 Å². The topological polar surface area (TPSA) is 21.7 Å². The number of piperidine rings is 1. The van der Waals surface area contributed by atoms with Crippen molar-refractivity contribution in [2.24, 2.45) is 5.92 Å². The lowest BCUT2D eigenvalue weighted by Gasteiger charge is -2.33. The average molecular weight is 317 g/mol. The van der Waals surface area contributed by atoms with Gasteiger partial charge in [-0.2, -0.15) is 0 Å². The van der Waals surface area contributed by atoms with Gasteiger partial charge in [0.25, 0.3) is 0 Å². The summed E-state index contributed by atoms with van der Waals surface area (Å²) < 4.78 is 11.5. The van der Waals surface area contributed by atoms with E-state index in [1.165, 1.54) is 50.9 Å². The number of likely N-dealkylation sites (tertiary alicyclic amines) is 1. The molecule has 3 heteroatoms. The number of ether oxygens (including phenoxy) is 2. The third-order valence-corrected chi connectivity index (χ3v) is 5.37. The molecular weight excluding hydrogens is 286 g/mol. The van der Waals surface area contributed by atoms with E-state index in [1.807, 2.05) is 0 Å². The number of rotatable bonds is 7. The Morgan fingerprint density at radius 1 is 1.17 bits per heavy atom. The van der Waals surface area contributed by atoms with E-state index < -0.39 is 0 Å². The van der Waals surface area contributed by atoms with Gasteiger partial charge in [0.05, 0.1) is 19.3 Å². The molecule has 0 radical (unpaired) electrons. The Morgan fingerprint density at radius 3 is 2.65 bits per heavy atom. The van der Waals surface area contributed by atoms with Crippen LogP contribution < -0.4 is 0 Å². The summed E-state index contributed by atoms with van der Waals surface area (Å²) >= 11 is 0. The Hall–Kier alpha value is -0.900. The fraction of sp³-hybridized carbons (Fsp3) is 0.700. The summed E-state index contributed by atoms with van der Waals surface area (Å²) in [6.07, 6.45) is 5.27. The molecule has 2 saturated heterocycles. The summed E-state index contributed by atoms with van der Waals surface area (Å²) in [5.74, 6) is 1.28. The first kappa shape index (κ1) is 16.9. The zero-order chi connectivity index (χ0) is 15.9. The lowest BCUT2D eigenvalue weighted by atomic mass is 9.97. The molecule has 3 nitrogen and oxygen atoms in total. The van der Waals surface area contributed by atoms with Crippen molar-refractivity contribution in [3.63, 3.8) is 0 Å². The smallest absolute Gasteiger partial charge is 0.0599 e. The van der Waals surface area contributed by atoms with Crippen LogP contribution in [0.3, 0.4) is 0 Å². The van der Waals surface area contributed by atoms with Crippen molar-refractivity contribution < 1.29 is 9.47 Å². The van der Waals surface area contributed by atoms with E-state index in [0.717, 1.165) is 19.8 Å². The molecule has 0 bridgehead atoms. The second kappa shape index (κ2) is 8.81. The van der Waals surface area contributed by atoms with E-state index in [0.29, 0.717) is 17.9 Å². The number of nitrogens with zero attached hydrogens (tertiary/aromatic N) is 1. The van der Waals surface area contributed by atoms with Gasteiger partial charge < -0.3 is 14.4 Å². The third-order valence-electron chi connectivity index (χ3n) is 5.37. The molecule has 128 valence electrons. The van der Waals surface area contributed by atoms with Crippen LogP contribution in [0.5, 0.6) is 0 Å². The fourth-order valence-corrected chi connectivity index (χ4v) is 3.61. The lowest BCUT2D eigenvalue weighted by molar-refractivity contribution is -0.0106. The second-order valence-corrected chi connectivity index (χ2v) is 7.20. The van der Waals surface area contributed by atoms with Crippen molar-refractivity contribution in [3.8, 4) is 0 Å². The lowest BCUT2D eigenvalue weighted by Crippen LogP contribution is -2.38. The van der Waals surface area contributed by atoms with Crippen LogP contribution in [0.15, 0.2) is 30.3 Å². The van der Waals surface area contributed by atoms with Gasteiger partial charge in [-0.05, 0) is 43.7 Å². The van der Waals surface area contributed by atoms with Crippen LogP contribution in [0.4, 0.5) is 0 Å². The molecule has 1 aromatic rings. The molecule has 0 amide bonds. The molecule has 0 unspecified atom stereocenters. The van der Waals surface area contributed by atoms with Gasteiger partial charge in [-0.15, -0.1) is 0 Å². The quantitative estimate of drug-likeness (QED) is 0.765. The third kappa shape index (κ3) is 5.30. The molecule has 2 aliphatic heterocycles. The van der Waals surface area contributed by atoms with Crippen LogP contribution in [0, 0.1) is 5.92 Å². The summed E-state index contributed by atoms with van der Waals surface area (Å²) in [4.78, 5) is 2.61. The van der Waals surface area contributed by atoms with Gasteiger partial charge in [-0.1, -0.05) is 37.3 Å². The monoisotopic (exact) mass is 317 g/mol. The van der Waals surface area contributed by atoms with Gasteiger partial charge in [0.1, 0.15) is 0 Å². The highest BCUT2D eigenvalue weighted by atomic mass is 16.5. The van der Waals surface area contributed by atoms with Crippen molar-refractivity contribution in [2.75, 3.05) is 39.5 Å². The molecule has 2 heterocycles. The summed E-state index contributed by atoms with van der Waals surface area (Å²) in [6.45, 7) is 8.65. The maximum absolute atomic E-state index is 6.10. The van der Waals surface area contributed by atoms with Crippen molar-refractivity contribution >= 4 is 0 Å². The Kier molecular flexibility index (Phi) is 6.49. The predicted octanol–water partition coefficient (Wildman–Crippen LogP) is 3.70. The van der Waals surface area contributed by atoms with Crippen molar-refractivity contribution in [1.29, 1.82) is 0 Å². The maximum Gasteiger partial charge on any atom is 0.0599 e. The summed E-state index contributed by atoms with van der Waals surface area (Å²) in [7, 11) is 0. The first-order valence-electron chi connectivity index (χ1n) is 9.28. The van der Waals surface area contributed by atoms with E-state index in [4.69, 9.17) is 9.47 Å². The van der Waals surface area contributed by atoms with Gasteiger partial charge in [-0.3, -0.25) is 0 Å². The van der Waals surface area contributed by atoms with Crippen LogP contribution in [0.2, 0.25) is 0 Å². The molecule has 0 spiro atoms. The largest absolute Gasteiger partial charge is 0.381 e. The van der Waals surface area contributed by atoms with E-state index in [2.05, 4.69) is 42.2 Å². The molecular formula is C20H31NO2. The second-order valence-electron chi connectivity index (χ2n) is 7.20. The normalized spacial score (nSPS) is 24.8. The van der Waals surface area contributed by atoms with Gasteiger partial charge in [0.15, 0.2) is 0 Å². The molecule has 23 heavy (non-hydrogen) atoms. The van der Waals surface area contributed by atoms with Gasteiger partial charge in [0, 0.05) is 25.6 Å². The molecule has 2 aliphatic rings. The van der Waals surface area contributed by atoms with Crippen LogP contribution in [0.25, 0.3) is 0 Å². The highest BCUT2D eigenvalue weighted by molar-refractivity contribution is 5.18. The molecule has 0 aromatic heterocycles. The minimum Gasteiger partial charge on any atom is -0.381 e. The molecule has 0 N–H and O–H groups in total. The first-order valence-corrected chi connectivity index (χ1v) is 9.28. The van der Waals surface area contributed by atoms with Crippen LogP contribution in [-0.4, -0.2) is 50.5 Å².